The van der Waals surface area contributed by atoms with Crippen molar-refractivity contribution in [1.82, 2.24) is 4.98 Å². The van der Waals surface area contributed by atoms with Crippen molar-refractivity contribution in [2.24, 2.45) is 0 Å². The van der Waals surface area contributed by atoms with Crippen LogP contribution in [0.15, 0.2) is 36.5 Å². The Balaban J connectivity index is 2.57. The standard InChI is InChI=1S/C14H13NO4/c1-18-12-6-4-3-5-10(12)9-7-11(14(16)17)13(19-2)15-8-9/h3-8H,1-2H3,(H,16,17). The van der Waals surface area contributed by atoms with Crippen LogP contribution in [-0.4, -0.2) is 30.3 Å². The molecule has 0 radical (unpaired) electrons. The van der Waals surface area contributed by atoms with Gasteiger partial charge in [-0.3, -0.25) is 0 Å². The summed E-state index contributed by atoms with van der Waals surface area (Å²) in [5, 5.41) is 9.14. The summed E-state index contributed by atoms with van der Waals surface area (Å²) in [5.41, 5.74) is 1.46. The number of nitrogens with zero attached hydrogens (tertiary/aromatic N) is 1. The van der Waals surface area contributed by atoms with E-state index >= 15 is 0 Å². The zero-order chi connectivity index (χ0) is 13.8. The van der Waals surface area contributed by atoms with E-state index in [-0.39, 0.29) is 11.4 Å². The van der Waals surface area contributed by atoms with Crippen molar-refractivity contribution in [3.63, 3.8) is 0 Å². The van der Waals surface area contributed by atoms with Gasteiger partial charge in [0.25, 0.3) is 0 Å². The molecule has 5 nitrogen and oxygen atoms in total. The Morgan fingerprint density at radius 2 is 1.95 bits per heavy atom. The predicted octanol–water partition coefficient (Wildman–Crippen LogP) is 2.46. The smallest absolute Gasteiger partial charge is 0.341 e. The van der Waals surface area contributed by atoms with E-state index in [0.717, 1.165) is 5.56 Å². The van der Waals surface area contributed by atoms with E-state index in [2.05, 4.69) is 4.98 Å². The fraction of sp³-hybridized carbons (Fsp3) is 0.143. The zero-order valence-electron chi connectivity index (χ0n) is 10.6. The molecule has 5 heteroatoms. The molecule has 1 aromatic carbocycles. The predicted molar refractivity (Wildman–Crippen MR) is 69.7 cm³/mol. The second kappa shape index (κ2) is 5.39. The van der Waals surface area contributed by atoms with Gasteiger partial charge in [-0.25, -0.2) is 9.78 Å². The average Bonchev–Trinajstić information content (AvgIpc) is 2.46. The van der Waals surface area contributed by atoms with Gasteiger partial charge in [0.2, 0.25) is 5.88 Å². The zero-order valence-corrected chi connectivity index (χ0v) is 10.6. The summed E-state index contributed by atoms with van der Waals surface area (Å²) in [6, 6.07) is 8.86. The van der Waals surface area contributed by atoms with Gasteiger partial charge in [0, 0.05) is 17.3 Å². The van der Waals surface area contributed by atoms with E-state index in [9.17, 15) is 4.79 Å². The molecular weight excluding hydrogens is 246 g/mol. The summed E-state index contributed by atoms with van der Waals surface area (Å²) >= 11 is 0. The highest BCUT2D eigenvalue weighted by Crippen LogP contribution is 2.31. The first-order chi connectivity index (χ1) is 9.17. The van der Waals surface area contributed by atoms with Crippen molar-refractivity contribution < 1.29 is 19.4 Å². The number of para-hydroxylation sites is 1. The van der Waals surface area contributed by atoms with E-state index in [1.54, 1.807) is 19.4 Å². The molecule has 1 heterocycles. The Labute approximate surface area is 110 Å². The first-order valence-corrected chi connectivity index (χ1v) is 5.58. The summed E-state index contributed by atoms with van der Waals surface area (Å²) < 4.78 is 10.2. The summed E-state index contributed by atoms with van der Waals surface area (Å²) in [6.45, 7) is 0. The molecule has 0 fully saturated rings. The topological polar surface area (TPSA) is 68.7 Å². The number of methoxy groups -OCH3 is 2. The lowest BCUT2D eigenvalue weighted by molar-refractivity contribution is 0.0692. The molecule has 0 unspecified atom stereocenters. The van der Waals surface area contributed by atoms with E-state index in [4.69, 9.17) is 14.6 Å². The van der Waals surface area contributed by atoms with Crippen molar-refractivity contribution in [2.75, 3.05) is 14.2 Å². The molecule has 0 aliphatic carbocycles. The lowest BCUT2D eigenvalue weighted by Crippen LogP contribution is -2.03. The summed E-state index contributed by atoms with van der Waals surface area (Å²) in [4.78, 5) is 15.2. The maximum atomic E-state index is 11.2. The first kappa shape index (κ1) is 12.9. The number of rotatable bonds is 4. The number of benzene rings is 1. The van der Waals surface area contributed by atoms with Crippen molar-refractivity contribution in [3.05, 3.63) is 42.1 Å². The highest BCUT2D eigenvalue weighted by Gasteiger charge is 2.15. The van der Waals surface area contributed by atoms with E-state index < -0.39 is 5.97 Å². The minimum absolute atomic E-state index is 0.0194. The molecule has 98 valence electrons. The van der Waals surface area contributed by atoms with Crippen LogP contribution < -0.4 is 9.47 Å². The molecule has 0 amide bonds. The summed E-state index contributed by atoms with van der Waals surface area (Å²) in [7, 11) is 2.95. The lowest BCUT2D eigenvalue weighted by atomic mass is 10.0. The Morgan fingerprint density at radius 1 is 1.21 bits per heavy atom. The number of ether oxygens (including phenoxy) is 2. The molecule has 0 bridgehead atoms. The fourth-order valence-electron chi connectivity index (χ4n) is 1.80. The molecule has 0 saturated carbocycles. The van der Waals surface area contributed by atoms with E-state index in [0.29, 0.717) is 11.3 Å². The SMILES string of the molecule is COc1ccccc1-c1cnc(OC)c(C(=O)O)c1. The van der Waals surface area contributed by atoms with Crippen LogP contribution in [0.2, 0.25) is 0 Å². The molecule has 0 aliphatic rings. The van der Waals surface area contributed by atoms with Crippen molar-refractivity contribution >= 4 is 5.97 Å². The van der Waals surface area contributed by atoms with Gasteiger partial charge in [0.1, 0.15) is 11.3 Å². The number of aromatic carboxylic acids is 1. The quantitative estimate of drug-likeness (QED) is 0.913. The van der Waals surface area contributed by atoms with Crippen LogP contribution in [0.3, 0.4) is 0 Å². The van der Waals surface area contributed by atoms with Gasteiger partial charge in [-0.15, -0.1) is 0 Å². The van der Waals surface area contributed by atoms with Gasteiger partial charge < -0.3 is 14.6 Å². The monoisotopic (exact) mass is 259 g/mol. The van der Waals surface area contributed by atoms with E-state index in [1.807, 2.05) is 18.2 Å². The number of hydrogen-bond donors (Lipinski definition) is 1. The van der Waals surface area contributed by atoms with Crippen LogP contribution in [0.25, 0.3) is 11.1 Å². The van der Waals surface area contributed by atoms with E-state index in [1.165, 1.54) is 13.2 Å². The van der Waals surface area contributed by atoms with Crippen LogP contribution in [0.1, 0.15) is 10.4 Å². The molecule has 0 spiro atoms. The normalized spacial score (nSPS) is 10.0. The molecule has 0 aliphatic heterocycles. The molecule has 2 aromatic rings. The van der Waals surface area contributed by atoms with Gasteiger partial charge in [-0.05, 0) is 12.1 Å². The maximum Gasteiger partial charge on any atom is 0.341 e. The molecule has 0 saturated heterocycles. The number of carbonyl (C=O) groups is 1. The third-order valence-electron chi connectivity index (χ3n) is 2.69. The minimum atomic E-state index is -1.08. The average molecular weight is 259 g/mol. The number of hydrogen-bond acceptors (Lipinski definition) is 4. The first-order valence-electron chi connectivity index (χ1n) is 5.58. The molecule has 0 atom stereocenters. The third kappa shape index (κ3) is 2.49. The van der Waals surface area contributed by atoms with Gasteiger partial charge in [0.15, 0.2) is 0 Å². The molecule has 1 aromatic heterocycles. The maximum absolute atomic E-state index is 11.2. The van der Waals surface area contributed by atoms with Crippen LogP contribution in [0.5, 0.6) is 11.6 Å². The largest absolute Gasteiger partial charge is 0.496 e. The number of pyridine rings is 1. The third-order valence-corrected chi connectivity index (χ3v) is 2.69. The highest BCUT2D eigenvalue weighted by molar-refractivity contribution is 5.92. The van der Waals surface area contributed by atoms with Gasteiger partial charge >= 0.3 is 5.97 Å². The lowest BCUT2D eigenvalue weighted by Gasteiger charge is -2.10. The molecule has 1 N–H and O–H groups in total. The Morgan fingerprint density at radius 3 is 2.58 bits per heavy atom. The summed E-state index contributed by atoms with van der Waals surface area (Å²) in [6.07, 6.45) is 1.56. The number of carboxylic acids is 1. The molecular formula is C14H13NO4. The number of aromatic nitrogens is 1. The Bertz CT molecular complexity index is 610. The minimum Gasteiger partial charge on any atom is -0.496 e. The number of carboxylic acid groups (broad SMARTS) is 1. The second-order valence-corrected chi connectivity index (χ2v) is 3.79. The molecule has 2 rings (SSSR count). The Kier molecular flexibility index (Phi) is 3.66. The van der Waals surface area contributed by atoms with Crippen LogP contribution >= 0.6 is 0 Å². The van der Waals surface area contributed by atoms with Gasteiger partial charge in [-0.1, -0.05) is 18.2 Å². The summed E-state index contributed by atoms with van der Waals surface area (Å²) in [5.74, 6) is -0.335. The highest BCUT2D eigenvalue weighted by atomic mass is 16.5. The van der Waals surface area contributed by atoms with Crippen molar-refractivity contribution in [3.8, 4) is 22.8 Å². The second-order valence-electron chi connectivity index (χ2n) is 3.79. The van der Waals surface area contributed by atoms with Gasteiger partial charge in [0.05, 0.1) is 14.2 Å². The van der Waals surface area contributed by atoms with Crippen LogP contribution in [0, 0.1) is 0 Å². The fourth-order valence-corrected chi connectivity index (χ4v) is 1.80. The molecule has 19 heavy (non-hydrogen) atoms. The van der Waals surface area contributed by atoms with Crippen LogP contribution in [0.4, 0.5) is 0 Å². The van der Waals surface area contributed by atoms with Crippen molar-refractivity contribution in [1.29, 1.82) is 0 Å². The Hall–Kier alpha value is -2.56. The van der Waals surface area contributed by atoms with Crippen molar-refractivity contribution in [2.45, 2.75) is 0 Å². The van der Waals surface area contributed by atoms with Crippen LogP contribution in [-0.2, 0) is 0 Å². The van der Waals surface area contributed by atoms with Gasteiger partial charge in [-0.2, -0.15) is 0 Å².